The van der Waals surface area contributed by atoms with Gasteiger partial charge in [-0.1, -0.05) is 0 Å². The molecule has 0 spiro atoms. The van der Waals surface area contributed by atoms with E-state index in [1.807, 2.05) is 0 Å². The summed E-state index contributed by atoms with van der Waals surface area (Å²) in [6.45, 7) is 0.305. The molecule has 0 saturated carbocycles. The van der Waals surface area contributed by atoms with Crippen molar-refractivity contribution in [2.24, 2.45) is 0 Å². The minimum absolute atomic E-state index is 0.305. The molecular formula is C8H9NO4S. The molecule has 0 aromatic heterocycles. The van der Waals surface area contributed by atoms with E-state index in [-0.39, 0.29) is 0 Å². The Morgan fingerprint density at radius 3 is 2.29 bits per heavy atom. The van der Waals surface area contributed by atoms with Crippen LogP contribution in [-0.2, 0) is 14.8 Å². The van der Waals surface area contributed by atoms with Crippen molar-refractivity contribution < 1.29 is 17.9 Å². The van der Waals surface area contributed by atoms with Gasteiger partial charge in [0.15, 0.2) is 0 Å². The maximum Gasteiger partial charge on any atom is 0.298 e. The first kappa shape index (κ1) is 10.5. The first-order chi connectivity index (χ1) is 6.51. The molecule has 14 heavy (non-hydrogen) atoms. The summed E-state index contributed by atoms with van der Waals surface area (Å²) in [4.78, 5) is 9.95. The second-order valence-corrected chi connectivity index (χ2v) is 4.36. The number of sulfonamides is 1. The second kappa shape index (κ2) is 4.10. The Morgan fingerprint density at radius 2 is 1.86 bits per heavy atom. The summed E-state index contributed by atoms with van der Waals surface area (Å²) in [6, 6.07) is 5.98. The predicted molar refractivity (Wildman–Crippen MR) is 51.6 cm³/mol. The molecule has 1 N–H and O–H groups in total. The van der Waals surface area contributed by atoms with E-state index >= 15 is 0 Å². The van der Waals surface area contributed by atoms with Gasteiger partial charge in [-0.2, -0.15) is 0 Å². The summed E-state index contributed by atoms with van der Waals surface area (Å²) in [6.07, 6.45) is 1.06. The van der Waals surface area contributed by atoms with E-state index in [0.717, 1.165) is 6.26 Å². The first-order valence-corrected chi connectivity index (χ1v) is 5.58. The van der Waals surface area contributed by atoms with Crippen LogP contribution in [0.25, 0.3) is 0 Å². The van der Waals surface area contributed by atoms with Gasteiger partial charge in [-0.3, -0.25) is 9.52 Å². The van der Waals surface area contributed by atoms with Crippen molar-refractivity contribution in [2.45, 2.75) is 0 Å². The summed E-state index contributed by atoms with van der Waals surface area (Å²) in [5.41, 5.74) is 0.422. The zero-order valence-electron chi connectivity index (χ0n) is 7.43. The molecule has 5 nitrogen and oxygen atoms in total. The first-order valence-electron chi connectivity index (χ1n) is 3.69. The average molecular weight is 215 g/mol. The number of benzene rings is 1. The standard InChI is InChI=1S/C8H9NO4S/c1-14(11,12)9-7-2-4-8(5-3-7)13-6-10/h2-6,9H,1H3. The predicted octanol–water partition coefficient (Wildman–Crippen LogP) is 0.593. The topological polar surface area (TPSA) is 72.5 Å². The molecule has 0 saturated heterocycles. The lowest BCUT2D eigenvalue weighted by atomic mass is 10.3. The van der Waals surface area contributed by atoms with Gasteiger partial charge in [0.1, 0.15) is 5.75 Å². The van der Waals surface area contributed by atoms with Crippen molar-refractivity contribution in [2.75, 3.05) is 11.0 Å². The van der Waals surface area contributed by atoms with Gasteiger partial charge in [0.2, 0.25) is 10.0 Å². The van der Waals surface area contributed by atoms with Crippen LogP contribution in [0.3, 0.4) is 0 Å². The number of anilines is 1. The molecule has 0 aliphatic heterocycles. The molecule has 1 aromatic carbocycles. The van der Waals surface area contributed by atoms with Crippen molar-refractivity contribution in [3.8, 4) is 5.75 Å². The number of nitrogens with one attached hydrogen (secondary N) is 1. The number of carbonyl (C=O) groups excluding carboxylic acids is 1. The van der Waals surface area contributed by atoms with E-state index in [1.54, 1.807) is 0 Å². The van der Waals surface area contributed by atoms with Crippen LogP contribution >= 0.6 is 0 Å². The Balaban J connectivity index is 2.78. The molecule has 0 aliphatic rings. The lowest BCUT2D eigenvalue weighted by molar-refractivity contribution is -0.120. The Hall–Kier alpha value is -1.56. The molecule has 0 bridgehead atoms. The van der Waals surface area contributed by atoms with Gasteiger partial charge >= 0.3 is 0 Å². The van der Waals surface area contributed by atoms with E-state index in [0.29, 0.717) is 17.9 Å². The molecule has 0 aliphatic carbocycles. The van der Waals surface area contributed by atoms with Crippen LogP contribution in [0.4, 0.5) is 5.69 Å². The lowest BCUT2D eigenvalue weighted by Crippen LogP contribution is -2.09. The van der Waals surface area contributed by atoms with E-state index in [2.05, 4.69) is 9.46 Å². The number of ether oxygens (including phenoxy) is 1. The SMILES string of the molecule is CS(=O)(=O)Nc1ccc(OC=O)cc1. The monoisotopic (exact) mass is 215 g/mol. The van der Waals surface area contributed by atoms with Crippen LogP contribution in [-0.4, -0.2) is 21.1 Å². The number of hydrogen-bond acceptors (Lipinski definition) is 4. The molecular weight excluding hydrogens is 206 g/mol. The van der Waals surface area contributed by atoms with Gasteiger partial charge in [-0.25, -0.2) is 8.42 Å². The van der Waals surface area contributed by atoms with Crippen molar-refractivity contribution in [3.05, 3.63) is 24.3 Å². The van der Waals surface area contributed by atoms with Gasteiger partial charge in [0.25, 0.3) is 6.47 Å². The van der Waals surface area contributed by atoms with Crippen molar-refractivity contribution in [1.82, 2.24) is 0 Å². The maximum absolute atomic E-state index is 10.8. The zero-order valence-corrected chi connectivity index (χ0v) is 8.24. The molecule has 6 heteroatoms. The van der Waals surface area contributed by atoms with Crippen molar-refractivity contribution >= 4 is 22.2 Å². The van der Waals surface area contributed by atoms with Crippen LogP contribution in [0.15, 0.2) is 24.3 Å². The Kier molecular flexibility index (Phi) is 3.08. The highest BCUT2D eigenvalue weighted by Gasteiger charge is 2.01. The number of hydrogen-bond donors (Lipinski definition) is 1. The molecule has 0 heterocycles. The molecule has 0 amide bonds. The Morgan fingerprint density at radius 1 is 1.29 bits per heavy atom. The molecule has 0 atom stereocenters. The van der Waals surface area contributed by atoms with Gasteiger partial charge in [0.05, 0.1) is 6.26 Å². The third-order valence-corrected chi connectivity index (χ3v) is 1.95. The molecule has 0 unspecified atom stereocenters. The van der Waals surface area contributed by atoms with E-state index in [9.17, 15) is 13.2 Å². The van der Waals surface area contributed by atoms with Crippen LogP contribution in [0, 0.1) is 0 Å². The fraction of sp³-hybridized carbons (Fsp3) is 0.125. The molecule has 76 valence electrons. The Labute approximate surface area is 81.7 Å². The minimum atomic E-state index is -3.26. The smallest absolute Gasteiger partial charge is 0.298 e. The van der Waals surface area contributed by atoms with Crippen LogP contribution in [0.5, 0.6) is 5.75 Å². The van der Waals surface area contributed by atoms with Gasteiger partial charge < -0.3 is 4.74 Å². The summed E-state index contributed by atoms with van der Waals surface area (Å²) >= 11 is 0. The van der Waals surface area contributed by atoms with E-state index in [1.165, 1.54) is 24.3 Å². The van der Waals surface area contributed by atoms with Crippen LogP contribution < -0.4 is 9.46 Å². The summed E-state index contributed by atoms with van der Waals surface area (Å²) in [7, 11) is -3.26. The van der Waals surface area contributed by atoms with Gasteiger partial charge in [-0.15, -0.1) is 0 Å². The third kappa shape index (κ3) is 3.44. The lowest BCUT2D eigenvalue weighted by Gasteiger charge is -2.03. The average Bonchev–Trinajstić information content (AvgIpc) is 2.06. The fourth-order valence-corrected chi connectivity index (χ4v) is 1.44. The largest absolute Gasteiger partial charge is 0.429 e. The highest BCUT2D eigenvalue weighted by molar-refractivity contribution is 7.92. The van der Waals surface area contributed by atoms with Crippen molar-refractivity contribution in [3.63, 3.8) is 0 Å². The molecule has 0 radical (unpaired) electrons. The minimum Gasteiger partial charge on any atom is -0.429 e. The molecule has 1 rings (SSSR count). The second-order valence-electron chi connectivity index (χ2n) is 2.61. The number of carbonyl (C=O) groups is 1. The van der Waals surface area contributed by atoms with E-state index < -0.39 is 10.0 Å². The molecule has 0 fully saturated rings. The van der Waals surface area contributed by atoms with E-state index in [4.69, 9.17) is 0 Å². The van der Waals surface area contributed by atoms with Crippen LogP contribution in [0.2, 0.25) is 0 Å². The fourth-order valence-electron chi connectivity index (χ4n) is 0.871. The quantitative estimate of drug-likeness (QED) is 0.746. The Bertz CT molecular complexity index is 409. The molecule has 1 aromatic rings. The van der Waals surface area contributed by atoms with Gasteiger partial charge in [-0.05, 0) is 24.3 Å². The summed E-state index contributed by atoms with van der Waals surface area (Å²) in [5, 5.41) is 0. The zero-order chi connectivity index (χ0) is 10.6. The highest BCUT2D eigenvalue weighted by Crippen LogP contribution is 2.15. The highest BCUT2D eigenvalue weighted by atomic mass is 32.2. The third-order valence-electron chi connectivity index (χ3n) is 1.34. The summed E-state index contributed by atoms with van der Waals surface area (Å²) < 4.78 is 28.4. The van der Waals surface area contributed by atoms with Crippen molar-refractivity contribution in [1.29, 1.82) is 0 Å². The normalized spacial score (nSPS) is 10.6. The maximum atomic E-state index is 10.8. The summed E-state index contributed by atoms with van der Waals surface area (Å²) in [5.74, 6) is 0.360. The number of rotatable bonds is 4. The van der Waals surface area contributed by atoms with Gasteiger partial charge in [0, 0.05) is 5.69 Å². The van der Waals surface area contributed by atoms with Crippen LogP contribution in [0.1, 0.15) is 0 Å².